The number of nitrogens with one attached hydrogen (secondary N) is 1. The predicted octanol–water partition coefficient (Wildman–Crippen LogP) is 1.08. The number of likely N-dealkylation sites (tertiary alicyclic amines) is 1. The molecular formula is C11H20N2. The Morgan fingerprint density at radius 3 is 3.00 bits per heavy atom. The maximum Gasteiger partial charge on any atom is 0.0686 e. The van der Waals surface area contributed by atoms with E-state index in [-0.39, 0.29) is 0 Å². The minimum absolute atomic E-state index is 0.290. The fourth-order valence-electron chi connectivity index (χ4n) is 2.08. The smallest absolute Gasteiger partial charge is 0.0686 e. The lowest BCUT2D eigenvalue weighted by atomic mass is 10.0. The second-order valence-corrected chi connectivity index (χ2v) is 3.79. The van der Waals surface area contributed by atoms with Crippen LogP contribution in [0.3, 0.4) is 0 Å². The van der Waals surface area contributed by atoms with Gasteiger partial charge in [0.25, 0.3) is 0 Å². The largest absolute Gasteiger partial charge is 0.318 e. The highest BCUT2D eigenvalue weighted by Gasteiger charge is 2.24. The normalized spacial score (nSPS) is 26.7. The van der Waals surface area contributed by atoms with Crippen LogP contribution in [-0.4, -0.2) is 37.1 Å². The summed E-state index contributed by atoms with van der Waals surface area (Å²) in [5, 5.41) is 3.24. The molecule has 1 rings (SSSR count). The molecule has 0 saturated carbocycles. The molecule has 0 aromatic heterocycles. The number of piperidine rings is 1. The fourth-order valence-corrected chi connectivity index (χ4v) is 2.08. The average Bonchev–Trinajstić information content (AvgIpc) is 2.18. The molecule has 2 unspecified atom stereocenters. The van der Waals surface area contributed by atoms with E-state index in [9.17, 15) is 0 Å². The molecule has 1 aliphatic rings. The third kappa shape index (κ3) is 2.72. The molecule has 0 radical (unpaired) electrons. The maximum atomic E-state index is 5.45. The van der Waals surface area contributed by atoms with Gasteiger partial charge in [-0.15, -0.1) is 6.42 Å². The molecule has 0 bridgehead atoms. The summed E-state index contributed by atoms with van der Waals surface area (Å²) in [5.41, 5.74) is 0. The number of hydrogen-bond donors (Lipinski definition) is 1. The molecule has 74 valence electrons. The second-order valence-electron chi connectivity index (χ2n) is 3.79. The van der Waals surface area contributed by atoms with Crippen molar-refractivity contribution >= 4 is 0 Å². The summed E-state index contributed by atoms with van der Waals surface area (Å²) in [6, 6.07) is 0.934. The van der Waals surface area contributed by atoms with Crippen molar-refractivity contribution in [1.29, 1.82) is 0 Å². The minimum Gasteiger partial charge on any atom is -0.318 e. The molecular weight excluding hydrogens is 160 g/mol. The standard InChI is InChI=1S/C11H20N2/c1-4-10(2)13-8-6-5-7-11(13)9-12-3/h1,10-12H,5-9H2,2-3H3. The van der Waals surface area contributed by atoms with Crippen LogP contribution >= 0.6 is 0 Å². The summed E-state index contributed by atoms with van der Waals surface area (Å²) in [6.07, 6.45) is 9.38. The Balaban J connectivity index is 2.51. The predicted molar refractivity (Wildman–Crippen MR) is 56.6 cm³/mol. The van der Waals surface area contributed by atoms with Crippen LogP contribution in [0.25, 0.3) is 0 Å². The van der Waals surface area contributed by atoms with Gasteiger partial charge in [-0.3, -0.25) is 4.90 Å². The van der Waals surface area contributed by atoms with Crippen LogP contribution in [0.4, 0.5) is 0 Å². The van der Waals surface area contributed by atoms with E-state index in [1.165, 1.54) is 19.3 Å². The van der Waals surface area contributed by atoms with E-state index in [0.29, 0.717) is 12.1 Å². The molecule has 2 nitrogen and oxygen atoms in total. The number of hydrogen-bond acceptors (Lipinski definition) is 2. The molecule has 1 heterocycles. The molecule has 1 saturated heterocycles. The summed E-state index contributed by atoms with van der Waals surface area (Å²) >= 11 is 0. The van der Waals surface area contributed by atoms with Gasteiger partial charge in [-0.1, -0.05) is 12.3 Å². The first kappa shape index (κ1) is 10.6. The van der Waals surface area contributed by atoms with Gasteiger partial charge in [0.2, 0.25) is 0 Å². The van der Waals surface area contributed by atoms with Crippen LogP contribution in [0.1, 0.15) is 26.2 Å². The number of rotatable bonds is 3. The molecule has 13 heavy (non-hydrogen) atoms. The zero-order valence-corrected chi connectivity index (χ0v) is 8.71. The van der Waals surface area contributed by atoms with E-state index in [2.05, 4.69) is 23.1 Å². The summed E-state index contributed by atoms with van der Waals surface area (Å²) in [6.45, 7) is 4.34. The minimum atomic E-state index is 0.290. The quantitative estimate of drug-likeness (QED) is 0.654. The van der Waals surface area contributed by atoms with Crippen molar-refractivity contribution in [3.63, 3.8) is 0 Å². The van der Waals surface area contributed by atoms with Crippen molar-refractivity contribution in [2.75, 3.05) is 20.1 Å². The third-order valence-corrected chi connectivity index (χ3v) is 2.85. The molecule has 1 fully saturated rings. The summed E-state index contributed by atoms with van der Waals surface area (Å²) in [5.74, 6) is 2.82. The summed E-state index contributed by atoms with van der Waals surface area (Å²) in [4.78, 5) is 2.44. The maximum absolute atomic E-state index is 5.45. The van der Waals surface area contributed by atoms with Crippen molar-refractivity contribution in [3.8, 4) is 12.3 Å². The molecule has 0 aliphatic carbocycles. The van der Waals surface area contributed by atoms with Crippen LogP contribution in [0, 0.1) is 12.3 Å². The molecule has 0 spiro atoms. The Morgan fingerprint density at radius 1 is 1.62 bits per heavy atom. The van der Waals surface area contributed by atoms with Gasteiger partial charge in [0.15, 0.2) is 0 Å². The highest BCUT2D eigenvalue weighted by atomic mass is 15.2. The highest BCUT2D eigenvalue weighted by Crippen LogP contribution is 2.18. The number of terminal acetylenes is 1. The van der Waals surface area contributed by atoms with Crippen molar-refractivity contribution < 1.29 is 0 Å². The van der Waals surface area contributed by atoms with Crippen molar-refractivity contribution in [3.05, 3.63) is 0 Å². The first-order chi connectivity index (χ1) is 6.29. The average molecular weight is 180 g/mol. The zero-order valence-electron chi connectivity index (χ0n) is 8.71. The van der Waals surface area contributed by atoms with Crippen LogP contribution < -0.4 is 5.32 Å². The third-order valence-electron chi connectivity index (χ3n) is 2.85. The SMILES string of the molecule is C#CC(C)N1CCCCC1CNC. The summed E-state index contributed by atoms with van der Waals surface area (Å²) < 4.78 is 0. The first-order valence-corrected chi connectivity index (χ1v) is 5.16. The van der Waals surface area contributed by atoms with Gasteiger partial charge in [-0.05, 0) is 33.4 Å². The molecule has 1 aliphatic heterocycles. The van der Waals surface area contributed by atoms with Gasteiger partial charge < -0.3 is 5.32 Å². The Hall–Kier alpha value is -0.520. The van der Waals surface area contributed by atoms with E-state index in [4.69, 9.17) is 6.42 Å². The highest BCUT2D eigenvalue weighted by molar-refractivity contribution is 5.00. The zero-order chi connectivity index (χ0) is 9.68. The summed E-state index contributed by atoms with van der Waals surface area (Å²) in [7, 11) is 2.01. The number of nitrogens with zero attached hydrogens (tertiary/aromatic N) is 1. The van der Waals surface area contributed by atoms with Crippen LogP contribution in [0.15, 0.2) is 0 Å². The molecule has 2 heteroatoms. The van der Waals surface area contributed by atoms with Gasteiger partial charge in [-0.25, -0.2) is 0 Å². The Morgan fingerprint density at radius 2 is 2.38 bits per heavy atom. The van der Waals surface area contributed by atoms with Crippen molar-refractivity contribution in [2.24, 2.45) is 0 Å². The van der Waals surface area contributed by atoms with Gasteiger partial charge in [0.05, 0.1) is 6.04 Å². The molecule has 0 aromatic rings. The Bertz CT molecular complexity index is 181. The number of likely N-dealkylation sites (N-methyl/N-ethyl adjacent to an activating group) is 1. The van der Waals surface area contributed by atoms with Gasteiger partial charge in [0.1, 0.15) is 0 Å². The van der Waals surface area contributed by atoms with Crippen molar-refractivity contribution in [1.82, 2.24) is 10.2 Å². The molecule has 1 N–H and O–H groups in total. The van der Waals surface area contributed by atoms with Gasteiger partial charge >= 0.3 is 0 Å². The van der Waals surface area contributed by atoms with Crippen LogP contribution in [0.2, 0.25) is 0 Å². The Labute approximate surface area is 81.7 Å². The van der Waals surface area contributed by atoms with Crippen molar-refractivity contribution in [2.45, 2.75) is 38.3 Å². The molecule has 0 aromatic carbocycles. The lowest BCUT2D eigenvalue weighted by molar-refractivity contribution is 0.128. The first-order valence-electron chi connectivity index (χ1n) is 5.16. The van der Waals surface area contributed by atoms with E-state index in [1.54, 1.807) is 0 Å². The van der Waals surface area contributed by atoms with E-state index < -0.39 is 0 Å². The monoisotopic (exact) mass is 180 g/mol. The van der Waals surface area contributed by atoms with E-state index in [0.717, 1.165) is 13.1 Å². The van der Waals surface area contributed by atoms with E-state index >= 15 is 0 Å². The van der Waals surface area contributed by atoms with Gasteiger partial charge in [-0.2, -0.15) is 0 Å². The van der Waals surface area contributed by atoms with E-state index in [1.807, 2.05) is 7.05 Å². The lowest BCUT2D eigenvalue weighted by Crippen LogP contribution is -2.48. The Kier molecular flexibility index (Phi) is 4.27. The fraction of sp³-hybridized carbons (Fsp3) is 0.818. The van der Waals surface area contributed by atoms with Gasteiger partial charge in [0, 0.05) is 12.6 Å². The van der Waals surface area contributed by atoms with Crippen LogP contribution in [-0.2, 0) is 0 Å². The lowest BCUT2D eigenvalue weighted by Gasteiger charge is -2.37. The molecule has 2 atom stereocenters. The molecule has 0 amide bonds. The topological polar surface area (TPSA) is 15.3 Å². The van der Waals surface area contributed by atoms with Crippen LogP contribution in [0.5, 0.6) is 0 Å². The second kappa shape index (κ2) is 5.26.